The zero-order valence-corrected chi connectivity index (χ0v) is 9.90. The van der Waals surface area contributed by atoms with E-state index in [2.05, 4.69) is 22.6 Å². The third kappa shape index (κ3) is 2.44. The third-order valence-corrected chi connectivity index (χ3v) is 3.12. The lowest BCUT2D eigenvalue weighted by Crippen LogP contribution is -1.98. The Bertz CT molecular complexity index is 363. The molecule has 72 valence electrons. The second-order valence-corrected chi connectivity index (χ2v) is 4.70. The van der Waals surface area contributed by atoms with Crippen LogP contribution in [0.5, 0.6) is 0 Å². The molecule has 2 rings (SSSR count). The monoisotopic (exact) mass is 298 g/mol. The summed E-state index contributed by atoms with van der Waals surface area (Å²) in [7, 11) is 0. The molecule has 0 heterocycles. The molecule has 0 atom stereocenters. The number of benzene rings is 1. The van der Waals surface area contributed by atoms with E-state index in [1.165, 1.54) is 0 Å². The molecule has 1 nitrogen and oxygen atoms in total. The molecule has 1 saturated carbocycles. The Labute approximate surface area is 97.3 Å². The summed E-state index contributed by atoms with van der Waals surface area (Å²) in [6, 6.07) is 9.97. The number of Topliss-reactive ketones (excluding diaryl/α,β-unsaturated/α-hetero) is 1. The maximum atomic E-state index is 11.6. The van der Waals surface area contributed by atoms with Crippen molar-refractivity contribution >= 4 is 34.5 Å². The first-order chi connectivity index (χ1) is 6.77. The molecule has 0 bridgehead atoms. The Morgan fingerprint density at radius 1 is 1.29 bits per heavy atom. The third-order valence-electron chi connectivity index (χ3n) is 2.28. The van der Waals surface area contributed by atoms with Crippen molar-refractivity contribution in [2.45, 2.75) is 12.8 Å². The highest BCUT2D eigenvalue weighted by molar-refractivity contribution is 14.1. The van der Waals surface area contributed by atoms with Crippen LogP contribution in [-0.2, 0) is 4.79 Å². The lowest BCUT2D eigenvalue weighted by Gasteiger charge is -1.96. The van der Waals surface area contributed by atoms with Gasteiger partial charge in [-0.2, -0.15) is 0 Å². The summed E-state index contributed by atoms with van der Waals surface area (Å²) in [5.74, 6) is 0.635. The highest BCUT2D eigenvalue weighted by Gasteiger charge is 2.30. The van der Waals surface area contributed by atoms with Crippen LogP contribution in [-0.4, -0.2) is 5.78 Å². The molecule has 2 heteroatoms. The van der Waals surface area contributed by atoms with E-state index in [9.17, 15) is 4.79 Å². The highest BCUT2D eigenvalue weighted by Crippen LogP contribution is 2.34. The van der Waals surface area contributed by atoms with Gasteiger partial charge in [0.05, 0.1) is 3.58 Å². The zero-order valence-electron chi connectivity index (χ0n) is 7.74. The highest BCUT2D eigenvalue weighted by atomic mass is 127. The quantitative estimate of drug-likeness (QED) is 0.617. The summed E-state index contributed by atoms with van der Waals surface area (Å²) in [6.45, 7) is 0. The molecular weight excluding hydrogens is 287 g/mol. The molecule has 1 fully saturated rings. The fourth-order valence-electron chi connectivity index (χ4n) is 1.31. The van der Waals surface area contributed by atoms with Crippen LogP contribution in [0.25, 0.3) is 6.08 Å². The zero-order chi connectivity index (χ0) is 9.97. The van der Waals surface area contributed by atoms with Gasteiger partial charge in [-0.1, -0.05) is 30.3 Å². The Hall–Kier alpha value is -0.640. The smallest absolute Gasteiger partial charge is 0.172 e. The number of ketones is 1. The van der Waals surface area contributed by atoms with E-state index < -0.39 is 0 Å². The SMILES string of the molecule is O=C(/C(I)=C/c1ccccc1)C1CC1. The summed E-state index contributed by atoms with van der Waals surface area (Å²) in [5, 5.41) is 0. The summed E-state index contributed by atoms with van der Waals surface area (Å²) >= 11 is 2.14. The predicted octanol–water partition coefficient (Wildman–Crippen LogP) is 3.44. The van der Waals surface area contributed by atoms with Gasteiger partial charge in [-0.05, 0) is 47.1 Å². The fourth-order valence-corrected chi connectivity index (χ4v) is 2.11. The standard InChI is InChI=1S/C12H11IO/c13-11(12(14)10-6-7-10)8-9-4-2-1-3-5-9/h1-5,8,10H,6-7H2/b11-8-. The maximum absolute atomic E-state index is 11.6. The van der Waals surface area contributed by atoms with Gasteiger partial charge in [0.1, 0.15) is 0 Å². The summed E-state index contributed by atoms with van der Waals surface area (Å²) in [6.07, 6.45) is 4.11. The summed E-state index contributed by atoms with van der Waals surface area (Å²) < 4.78 is 0.858. The molecule has 1 aliphatic rings. The van der Waals surface area contributed by atoms with Crippen LogP contribution in [0.15, 0.2) is 33.9 Å². The van der Waals surface area contributed by atoms with Gasteiger partial charge in [0.25, 0.3) is 0 Å². The van der Waals surface area contributed by atoms with Crippen molar-refractivity contribution in [2.24, 2.45) is 5.92 Å². The molecule has 0 unspecified atom stereocenters. The van der Waals surface area contributed by atoms with Gasteiger partial charge in [-0.3, -0.25) is 4.79 Å². The van der Waals surface area contributed by atoms with E-state index in [0.717, 1.165) is 22.0 Å². The minimum Gasteiger partial charge on any atom is -0.293 e. The Morgan fingerprint density at radius 3 is 2.50 bits per heavy atom. The molecule has 14 heavy (non-hydrogen) atoms. The molecule has 1 aliphatic carbocycles. The number of hydrogen-bond acceptors (Lipinski definition) is 1. The van der Waals surface area contributed by atoms with Crippen molar-refractivity contribution in [1.82, 2.24) is 0 Å². The Morgan fingerprint density at radius 2 is 1.93 bits per heavy atom. The van der Waals surface area contributed by atoms with Gasteiger partial charge in [-0.15, -0.1) is 0 Å². The van der Waals surface area contributed by atoms with Crippen LogP contribution in [0.1, 0.15) is 18.4 Å². The van der Waals surface area contributed by atoms with Crippen LogP contribution in [0.3, 0.4) is 0 Å². The van der Waals surface area contributed by atoms with Crippen LogP contribution < -0.4 is 0 Å². The van der Waals surface area contributed by atoms with Gasteiger partial charge < -0.3 is 0 Å². The van der Waals surface area contributed by atoms with E-state index in [1.807, 2.05) is 36.4 Å². The number of halogens is 1. The maximum Gasteiger partial charge on any atom is 0.172 e. The van der Waals surface area contributed by atoms with Gasteiger partial charge in [-0.25, -0.2) is 0 Å². The van der Waals surface area contributed by atoms with Crippen molar-refractivity contribution in [3.05, 3.63) is 39.5 Å². The fraction of sp³-hybridized carbons (Fsp3) is 0.250. The number of rotatable bonds is 3. The second-order valence-electron chi connectivity index (χ2n) is 3.54. The van der Waals surface area contributed by atoms with Crippen LogP contribution in [0.2, 0.25) is 0 Å². The number of carbonyl (C=O) groups is 1. The first-order valence-electron chi connectivity index (χ1n) is 4.74. The molecule has 0 amide bonds. The molecule has 0 aromatic heterocycles. The Kier molecular flexibility index (Phi) is 3.01. The molecule has 0 spiro atoms. The van der Waals surface area contributed by atoms with Crippen LogP contribution in [0.4, 0.5) is 0 Å². The minimum absolute atomic E-state index is 0.314. The van der Waals surface area contributed by atoms with E-state index in [-0.39, 0.29) is 0 Å². The van der Waals surface area contributed by atoms with E-state index in [4.69, 9.17) is 0 Å². The summed E-state index contributed by atoms with van der Waals surface area (Å²) in [5.41, 5.74) is 1.10. The van der Waals surface area contributed by atoms with Crippen molar-refractivity contribution in [2.75, 3.05) is 0 Å². The first-order valence-corrected chi connectivity index (χ1v) is 5.82. The average molecular weight is 298 g/mol. The number of allylic oxidation sites excluding steroid dienone is 1. The number of carbonyl (C=O) groups excluding carboxylic acids is 1. The van der Waals surface area contributed by atoms with E-state index >= 15 is 0 Å². The first kappa shape index (κ1) is 9.90. The van der Waals surface area contributed by atoms with Gasteiger partial charge >= 0.3 is 0 Å². The topological polar surface area (TPSA) is 17.1 Å². The normalized spacial score (nSPS) is 16.8. The lowest BCUT2D eigenvalue weighted by molar-refractivity contribution is -0.115. The molecule has 0 saturated heterocycles. The summed E-state index contributed by atoms with van der Waals surface area (Å²) in [4.78, 5) is 11.6. The molecule has 0 radical (unpaired) electrons. The van der Waals surface area contributed by atoms with Crippen molar-refractivity contribution in [1.29, 1.82) is 0 Å². The van der Waals surface area contributed by atoms with Crippen LogP contribution >= 0.6 is 22.6 Å². The van der Waals surface area contributed by atoms with Crippen molar-refractivity contribution in [3.63, 3.8) is 0 Å². The van der Waals surface area contributed by atoms with E-state index in [0.29, 0.717) is 11.7 Å². The predicted molar refractivity (Wildman–Crippen MR) is 66.2 cm³/mol. The van der Waals surface area contributed by atoms with Crippen molar-refractivity contribution < 1.29 is 4.79 Å². The van der Waals surface area contributed by atoms with Gasteiger partial charge in [0.15, 0.2) is 5.78 Å². The lowest BCUT2D eigenvalue weighted by atomic mass is 10.1. The van der Waals surface area contributed by atoms with Gasteiger partial charge in [0, 0.05) is 5.92 Å². The van der Waals surface area contributed by atoms with Crippen LogP contribution in [0, 0.1) is 5.92 Å². The number of hydrogen-bond donors (Lipinski definition) is 0. The molecule has 1 aromatic rings. The van der Waals surface area contributed by atoms with E-state index in [1.54, 1.807) is 0 Å². The van der Waals surface area contributed by atoms with Gasteiger partial charge in [0.2, 0.25) is 0 Å². The molecule has 0 N–H and O–H groups in total. The molecule has 0 aliphatic heterocycles. The Balaban J connectivity index is 2.13. The van der Waals surface area contributed by atoms with Crippen molar-refractivity contribution in [3.8, 4) is 0 Å². The average Bonchev–Trinajstić information content (AvgIpc) is 3.01. The molecule has 1 aromatic carbocycles. The molecular formula is C12H11IO. The minimum atomic E-state index is 0.314. The largest absolute Gasteiger partial charge is 0.293 e. The second kappa shape index (κ2) is 4.26.